The van der Waals surface area contributed by atoms with Crippen LogP contribution in [0.5, 0.6) is 0 Å². The average molecular weight is 479 g/mol. The van der Waals surface area contributed by atoms with Crippen molar-refractivity contribution in [3.63, 3.8) is 0 Å². The lowest BCUT2D eigenvalue weighted by molar-refractivity contribution is 0.0691. The van der Waals surface area contributed by atoms with Crippen LogP contribution >= 0.6 is 33.9 Å². The topological polar surface area (TPSA) is 3.24 Å². The van der Waals surface area contributed by atoms with Crippen LogP contribution in [0, 0.1) is 3.57 Å². The Balaban J connectivity index is 1.92. The van der Waals surface area contributed by atoms with Crippen LogP contribution in [0.4, 0.5) is 4.39 Å². The maximum atomic E-state index is 14.7. The summed E-state index contributed by atoms with van der Waals surface area (Å²) in [6, 6.07) is 17.8. The molecule has 0 unspecified atom stereocenters. The fraction of sp³-hybridized carbons (Fsp3) is 0.364. The zero-order chi connectivity index (χ0) is 18.5. The predicted octanol–water partition coefficient (Wildman–Crippen LogP) is 6.59. The van der Waals surface area contributed by atoms with Crippen LogP contribution < -0.4 is 0 Å². The van der Waals surface area contributed by atoms with E-state index < -0.39 is 5.67 Å². The Morgan fingerprint density at radius 2 is 1.85 bits per heavy atom. The van der Waals surface area contributed by atoms with Gasteiger partial charge in [0.2, 0.25) is 0 Å². The Labute approximate surface area is 172 Å². The molecule has 1 aliphatic rings. The van der Waals surface area contributed by atoms with E-state index in [2.05, 4.69) is 82.9 Å². The summed E-state index contributed by atoms with van der Waals surface area (Å²) in [5, 5.41) is 1.32. The Morgan fingerprint density at radius 1 is 1.15 bits per heavy atom. The molecule has 0 radical (unpaired) electrons. The van der Waals surface area contributed by atoms with Crippen molar-refractivity contribution in [3.05, 3.63) is 68.1 Å². The molecule has 0 saturated carbocycles. The average Bonchev–Trinajstić information content (AvgIpc) is 2.93. The molecule has 4 heteroatoms. The fourth-order valence-corrected chi connectivity index (χ4v) is 5.77. The second-order valence-corrected chi connectivity index (χ2v) is 10.2. The molecule has 1 aliphatic heterocycles. The molecule has 2 atom stereocenters. The SMILES string of the molecule is C[C@@H]1Cc2sc3ccccc3c2[C@H](c2ccc(I)cc2)N1CC(C)(C)F. The summed E-state index contributed by atoms with van der Waals surface area (Å²) in [6.45, 7) is 6.05. The van der Waals surface area contributed by atoms with Gasteiger partial charge < -0.3 is 0 Å². The van der Waals surface area contributed by atoms with Crippen LogP contribution in [0.15, 0.2) is 48.5 Å². The van der Waals surface area contributed by atoms with Crippen molar-refractivity contribution in [2.24, 2.45) is 0 Å². The number of hydrogen-bond donors (Lipinski definition) is 0. The van der Waals surface area contributed by atoms with E-state index in [0.29, 0.717) is 12.6 Å². The molecule has 2 heterocycles. The summed E-state index contributed by atoms with van der Waals surface area (Å²) < 4.78 is 17.2. The zero-order valence-corrected chi connectivity index (χ0v) is 18.3. The van der Waals surface area contributed by atoms with E-state index in [-0.39, 0.29) is 6.04 Å². The van der Waals surface area contributed by atoms with Gasteiger partial charge in [-0.2, -0.15) is 0 Å². The molecule has 0 fully saturated rings. The van der Waals surface area contributed by atoms with E-state index in [1.807, 2.05) is 11.3 Å². The summed E-state index contributed by atoms with van der Waals surface area (Å²) in [6.07, 6.45) is 0.992. The predicted molar refractivity (Wildman–Crippen MR) is 118 cm³/mol. The molecule has 0 spiro atoms. The third kappa shape index (κ3) is 3.43. The van der Waals surface area contributed by atoms with Crippen molar-refractivity contribution in [2.75, 3.05) is 6.54 Å². The third-order valence-corrected chi connectivity index (χ3v) is 7.04. The summed E-state index contributed by atoms with van der Waals surface area (Å²) in [5.74, 6) is 0. The number of nitrogens with zero attached hydrogens (tertiary/aromatic N) is 1. The van der Waals surface area contributed by atoms with Gasteiger partial charge in [-0.05, 0) is 84.5 Å². The van der Waals surface area contributed by atoms with E-state index in [4.69, 9.17) is 0 Å². The van der Waals surface area contributed by atoms with Crippen molar-refractivity contribution in [3.8, 4) is 0 Å². The van der Waals surface area contributed by atoms with Crippen molar-refractivity contribution in [2.45, 2.75) is 44.9 Å². The van der Waals surface area contributed by atoms with Crippen molar-refractivity contribution >= 4 is 44.0 Å². The number of halogens is 2. The highest BCUT2D eigenvalue weighted by Gasteiger charge is 2.38. The maximum absolute atomic E-state index is 14.7. The van der Waals surface area contributed by atoms with Crippen LogP contribution in [0.1, 0.15) is 42.8 Å². The van der Waals surface area contributed by atoms with E-state index in [0.717, 1.165) is 6.42 Å². The molecule has 2 aromatic carbocycles. The molecule has 0 saturated heterocycles. The van der Waals surface area contributed by atoms with E-state index in [9.17, 15) is 4.39 Å². The molecule has 0 bridgehead atoms. The number of thiophene rings is 1. The molecular weight excluding hydrogens is 456 g/mol. The second-order valence-electron chi connectivity index (χ2n) is 7.83. The smallest absolute Gasteiger partial charge is 0.118 e. The van der Waals surface area contributed by atoms with Crippen LogP contribution in [0.3, 0.4) is 0 Å². The number of benzene rings is 2. The van der Waals surface area contributed by atoms with E-state index in [1.165, 1.54) is 29.7 Å². The number of alkyl halides is 1. The van der Waals surface area contributed by atoms with Gasteiger partial charge in [0.1, 0.15) is 5.67 Å². The number of rotatable bonds is 3. The highest BCUT2D eigenvalue weighted by Crippen LogP contribution is 2.46. The van der Waals surface area contributed by atoms with Gasteiger partial charge in [0.15, 0.2) is 0 Å². The summed E-state index contributed by atoms with van der Waals surface area (Å²) in [7, 11) is 0. The molecule has 0 N–H and O–H groups in total. The van der Waals surface area contributed by atoms with Gasteiger partial charge >= 0.3 is 0 Å². The molecule has 136 valence electrons. The summed E-state index contributed by atoms with van der Waals surface area (Å²) >= 11 is 4.24. The van der Waals surface area contributed by atoms with E-state index >= 15 is 0 Å². The fourth-order valence-electron chi connectivity index (χ4n) is 4.06. The van der Waals surface area contributed by atoms with Crippen molar-refractivity contribution in [1.82, 2.24) is 4.90 Å². The minimum atomic E-state index is -1.22. The molecule has 3 aromatic rings. The van der Waals surface area contributed by atoms with Gasteiger partial charge in [-0.1, -0.05) is 30.3 Å². The molecule has 0 aliphatic carbocycles. The van der Waals surface area contributed by atoms with Crippen LogP contribution in [0.2, 0.25) is 0 Å². The normalized spacial score (nSPS) is 21.1. The monoisotopic (exact) mass is 479 g/mol. The molecule has 26 heavy (non-hydrogen) atoms. The molecule has 1 nitrogen and oxygen atoms in total. The Morgan fingerprint density at radius 3 is 2.54 bits per heavy atom. The van der Waals surface area contributed by atoms with Crippen molar-refractivity contribution < 1.29 is 4.39 Å². The van der Waals surface area contributed by atoms with Crippen LogP contribution in [-0.2, 0) is 6.42 Å². The molecule has 0 amide bonds. The minimum absolute atomic E-state index is 0.108. The summed E-state index contributed by atoms with van der Waals surface area (Å²) in [5.41, 5.74) is 1.42. The van der Waals surface area contributed by atoms with Gasteiger partial charge in [0, 0.05) is 25.7 Å². The molecule has 4 rings (SSSR count). The second kappa shape index (κ2) is 6.88. The molecular formula is C22H23FINS. The first-order valence-electron chi connectivity index (χ1n) is 9.04. The first-order chi connectivity index (χ1) is 12.3. The van der Waals surface area contributed by atoms with Crippen LogP contribution in [0.25, 0.3) is 10.1 Å². The number of hydrogen-bond acceptors (Lipinski definition) is 2. The zero-order valence-electron chi connectivity index (χ0n) is 15.3. The molecule has 1 aromatic heterocycles. The lowest BCUT2D eigenvalue weighted by atomic mass is 9.87. The highest BCUT2D eigenvalue weighted by atomic mass is 127. The lowest BCUT2D eigenvalue weighted by Gasteiger charge is -2.43. The summed E-state index contributed by atoms with van der Waals surface area (Å²) in [4.78, 5) is 3.82. The first-order valence-corrected chi connectivity index (χ1v) is 10.9. The lowest BCUT2D eigenvalue weighted by Crippen LogP contribution is -2.47. The standard InChI is InChI=1S/C22H23FINS/c1-14-12-19-20(17-6-4-5-7-18(17)26-19)21(25(14)13-22(2,3)23)15-8-10-16(24)11-9-15/h4-11,14,21H,12-13H2,1-3H3/t14-,21+/m1/s1. The van der Waals surface area contributed by atoms with Gasteiger partial charge in [-0.15, -0.1) is 11.3 Å². The Bertz CT molecular complexity index is 925. The van der Waals surface area contributed by atoms with Crippen molar-refractivity contribution in [1.29, 1.82) is 0 Å². The quantitative estimate of drug-likeness (QED) is 0.383. The number of fused-ring (bicyclic) bond motifs is 3. The van der Waals surface area contributed by atoms with Gasteiger partial charge in [0.05, 0.1) is 6.04 Å². The highest BCUT2D eigenvalue weighted by molar-refractivity contribution is 14.1. The van der Waals surface area contributed by atoms with E-state index in [1.54, 1.807) is 13.8 Å². The van der Waals surface area contributed by atoms with Gasteiger partial charge in [0.25, 0.3) is 0 Å². The van der Waals surface area contributed by atoms with Gasteiger partial charge in [-0.25, -0.2) is 4.39 Å². The third-order valence-electron chi connectivity index (χ3n) is 5.11. The Kier molecular flexibility index (Phi) is 4.86. The van der Waals surface area contributed by atoms with Crippen LogP contribution in [-0.4, -0.2) is 23.2 Å². The van der Waals surface area contributed by atoms with Gasteiger partial charge in [-0.3, -0.25) is 4.90 Å². The minimum Gasteiger partial charge on any atom is -0.286 e. The Hall–Kier alpha value is -0.980. The largest absolute Gasteiger partial charge is 0.286 e. The maximum Gasteiger partial charge on any atom is 0.118 e. The first kappa shape index (κ1) is 18.4.